The van der Waals surface area contributed by atoms with E-state index in [9.17, 15) is 4.79 Å². The number of carbonyl (C=O) groups excluding carboxylic acids is 1. The van der Waals surface area contributed by atoms with Crippen molar-refractivity contribution in [2.45, 2.75) is 6.61 Å². The monoisotopic (exact) mass is 453 g/mol. The highest BCUT2D eigenvalue weighted by Crippen LogP contribution is 2.30. The molecular formula is C25H24ClNO5. The standard InChI is InChI=1S/C25H24ClNO5/c1-29-20-10-12-22(30-2)21(15-20)27-25(28)13-7-17-6-11-23(24(14-17)31-3)32-16-18-4-8-19(26)9-5-18/h4-15H,16H2,1-3H3,(H,27,28)/b13-7+. The molecule has 0 aliphatic rings. The summed E-state index contributed by atoms with van der Waals surface area (Å²) in [6.45, 7) is 0.382. The third-order valence-electron chi connectivity index (χ3n) is 4.59. The van der Waals surface area contributed by atoms with Crippen LogP contribution in [-0.4, -0.2) is 27.2 Å². The second-order valence-corrected chi connectivity index (χ2v) is 7.15. The normalized spacial score (nSPS) is 10.6. The molecule has 32 heavy (non-hydrogen) atoms. The summed E-state index contributed by atoms with van der Waals surface area (Å²) in [6.07, 6.45) is 3.12. The quantitative estimate of drug-likeness (QED) is 0.427. The number of anilines is 1. The van der Waals surface area contributed by atoms with E-state index in [0.29, 0.717) is 40.3 Å². The minimum absolute atomic E-state index is 0.307. The van der Waals surface area contributed by atoms with Crippen LogP contribution in [0.5, 0.6) is 23.0 Å². The van der Waals surface area contributed by atoms with Crippen molar-refractivity contribution in [1.29, 1.82) is 0 Å². The second kappa shape index (κ2) is 11.1. The molecule has 0 spiro atoms. The van der Waals surface area contributed by atoms with Crippen molar-refractivity contribution in [3.05, 3.63) is 82.9 Å². The van der Waals surface area contributed by atoms with Gasteiger partial charge < -0.3 is 24.3 Å². The summed E-state index contributed by atoms with van der Waals surface area (Å²) >= 11 is 5.91. The zero-order valence-corrected chi connectivity index (χ0v) is 18.8. The van der Waals surface area contributed by atoms with Crippen molar-refractivity contribution >= 4 is 29.3 Å². The molecule has 0 fully saturated rings. The molecule has 0 saturated heterocycles. The van der Waals surface area contributed by atoms with Gasteiger partial charge in [-0.25, -0.2) is 0 Å². The van der Waals surface area contributed by atoms with Gasteiger partial charge in [-0.15, -0.1) is 0 Å². The fourth-order valence-corrected chi connectivity index (χ4v) is 3.03. The van der Waals surface area contributed by atoms with Gasteiger partial charge in [-0.3, -0.25) is 4.79 Å². The highest BCUT2D eigenvalue weighted by atomic mass is 35.5. The molecular weight excluding hydrogens is 430 g/mol. The summed E-state index contributed by atoms with van der Waals surface area (Å²) in [4.78, 5) is 12.4. The molecule has 6 nitrogen and oxygen atoms in total. The molecule has 166 valence electrons. The summed E-state index contributed by atoms with van der Waals surface area (Å²) in [5, 5.41) is 3.47. The Balaban J connectivity index is 1.66. The summed E-state index contributed by atoms with van der Waals surface area (Å²) in [5.41, 5.74) is 2.29. The van der Waals surface area contributed by atoms with Gasteiger partial charge in [0.05, 0.1) is 27.0 Å². The molecule has 0 bridgehead atoms. The second-order valence-electron chi connectivity index (χ2n) is 6.71. The highest BCUT2D eigenvalue weighted by molar-refractivity contribution is 6.30. The number of hydrogen-bond donors (Lipinski definition) is 1. The van der Waals surface area contributed by atoms with E-state index in [1.54, 1.807) is 50.6 Å². The van der Waals surface area contributed by atoms with Crippen LogP contribution in [0.2, 0.25) is 5.02 Å². The number of rotatable bonds is 9. The zero-order valence-electron chi connectivity index (χ0n) is 18.1. The van der Waals surface area contributed by atoms with E-state index in [1.807, 2.05) is 30.3 Å². The topological polar surface area (TPSA) is 66.0 Å². The van der Waals surface area contributed by atoms with E-state index >= 15 is 0 Å². The van der Waals surface area contributed by atoms with Crippen molar-refractivity contribution in [2.75, 3.05) is 26.6 Å². The minimum atomic E-state index is -0.307. The first-order valence-electron chi connectivity index (χ1n) is 9.78. The summed E-state index contributed by atoms with van der Waals surface area (Å²) in [7, 11) is 4.67. The number of carbonyl (C=O) groups is 1. The highest BCUT2D eigenvalue weighted by Gasteiger charge is 2.09. The maximum Gasteiger partial charge on any atom is 0.248 e. The van der Waals surface area contributed by atoms with E-state index in [4.69, 9.17) is 30.5 Å². The van der Waals surface area contributed by atoms with E-state index < -0.39 is 0 Å². The zero-order chi connectivity index (χ0) is 22.9. The van der Waals surface area contributed by atoms with Gasteiger partial charge in [0.25, 0.3) is 0 Å². The molecule has 0 unspecified atom stereocenters. The number of benzene rings is 3. The van der Waals surface area contributed by atoms with Crippen molar-refractivity contribution in [1.82, 2.24) is 0 Å². The van der Waals surface area contributed by atoms with Gasteiger partial charge in [-0.05, 0) is 53.6 Å². The van der Waals surface area contributed by atoms with E-state index in [1.165, 1.54) is 13.2 Å². The smallest absolute Gasteiger partial charge is 0.248 e. The van der Waals surface area contributed by atoms with Crippen LogP contribution >= 0.6 is 11.6 Å². The lowest BCUT2D eigenvalue weighted by Crippen LogP contribution is -2.09. The molecule has 3 aromatic carbocycles. The Labute approximate surface area is 192 Å². The number of nitrogens with one attached hydrogen (secondary N) is 1. The minimum Gasteiger partial charge on any atom is -0.497 e. The van der Waals surface area contributed by atoms with Crippen molar-refractivity contribution < 1.29 is 23.7 Å². The molecule has 7 heteroatoms. The number of ether oxygens (including phenoxy) is 4. The number of amides is 1. The van der Waals surface area contributed by atoms with Crippen LogP contribution in [-0.2, 0) is 11.4 Å². The van der Waals surface area contributed by atoms with Gasteiger partial charge in [0.1, 0.15) is 18.1 Å². The average molecular weight is 454 g/mol. The van der Waals surface area contributed by atoms with Crippen molar-refractivity contribution in [3.63, 3.8) is 0 Å². The Morgan fingerprint density at radius 2 is 1.59 bits per heavy atom. The predicted molar refractivity (Wildman–Crippen MR) is 126 cm³/mol. The van der Waals surface area contributed by atoms with Crippen molar-refractivity contribution in [3.8, 4) is 23.0 Å². The number of methoxy groups -OCH3 is 3. The van der Waals surface area contributed by atoms with Crippen LogP contribution in [0.1, 0.15) is 11.1 Å². The van der Waals surface area contributed by atoms with Crippen LogP contribution < -0.4 is 24.3 Å². The Hall–Kier alpha value is -3.64. The molecule has 3 rings (SSSR count). The lowest BCUT2D eigenvalue weighted by molar-refractivity contribution is -0.111. The first-order valence-corrected chi connectivity index (χ1v) is 10.2. The van der Waals surface area contributed by atoms with Gasteiger partial charge in [-0.1, -0.05) is 29.8 Å². The van der Waals surface area contributed by atoms with Gasteiger partial charge >= 0.3 is 0 Å². The third-order valence-corrected chi connectivity index (χ3v) is 4.84. The molecule has 0 radical (unpaired) electrons. The molecule has 0 aliphatic heterocycles. The average Bonchev–Trinajstić information content (AvgIpc) is 2.82. The first-order chi connectivity index (χ1) is 15.5. The van der Waals surface area contributed by atoms with Crippen molar-refractivity contribution in [2.24, 2.45) is 0 Å². The fourth-order valence-electron chi connectivity index (χ4n) is 2.91. The molecule has 0 heterocycles. The Morgan fingerprint density at radius 3 is 2.28 bits per heavy atom. The van der Waals surface area contributed by atoms with Gasteiger partial charge in [0, 0.05) is 17.2 Å². The van der Waals surface area contributed by atoms with E-state index in [-0.39, 0.29) is 5.91 Å². The Bertz CT molecular complexity index is 1100. The summed E-state index contributed by atoms with van der Waals surface area (Å²) in [5.74, 6) is 2.01. The first kappa shape index (κ1) is 23.0. The van der Waals surface area contributed by atoms with E-state index in [2.05, 4.69) is 5.32 Å². The fraction of sp³-hybridized carbons (Fsp3) is 0.160. The maximum atomic E-state index is 12.4. The van der Waals surface area contributed by atoms with E-state index in [0.717, 1.165) is 11.1 Å². The molecule has 0 aromatic heterocycles. The van der Waals surface area contributed by atoms with Crippen LogP contribution in [0.25, 0.3) is 6.08 Å². The lowest BCUT2D eigenvalue weighted by Gasteiger charge is -2.12. The van der Waals surface area contributed by atoms with Crippen LogP contribution in [0.3, 0.4) is 0 Å². The molecule has 1 N–H and O–H groups in total. The summed E-state index contributed by atoms with van der Waals surface area (Å²) in [6, 6.07) is 18.1. The van der Waals surface area contributed by atoms with Gasteiger partial charge in [0.2, 0.25) is 5.91 Å². The molecule has 0 saturated carbocycles. The number of halogens is 1. The molecule has 3 aromatic rings. The van der Waals surface area contributed by atoms with Crippen LogP contribution in [0.4, 0.5) is 5.69 Å². The molecule has 0 aliphatic carbocycles. The summed E-state index contributed by atoms with van der Waals surface area (Å²) < 4.78 is 21.8. The molecule has 1 amide bonds. The third kappa shape index (κ3) is 6.18. The van der Waals surface area contributed by atoms with Crippen LogP contribution in [0.15, 0.2) is 66.7 Å². The predicted octanol–water partition coefficient (Wildman–Crippen LogP) is 5.60. The van der Waals surface area contributed by atoms with Gasteiger partial charge in [-0.2, -0.15) is 0 Å². The van der Waals surface area contributed by atoms with Crippen LogP contribution in [0, 0.1) is 0 Å². The largest absolute Gasteiger partial charge is 0.497 e. The number of hydrogen-bond acceptors (Lipinski definition) is 5. The SMILES string of the molecule is COc1ccc(OC)c(NC(=O)/C=C/c2ccc(OCc3ccc(Cl)cc3)c(OC)c2)c1. The molecule has 0 atom stereocenters. The Morgan fingerprint density at radius 1 is 0.875 bits per heavy atom. The maximum absolute atomic E-state index is 12.4. The Kier molecular flexibility index (Phi) is 8.00. The van der Waals surface area contributed by atoms with Gasteiger partial charge in [0.15, 0.2) is 11.5 Å². The lowest BCUT2D eigenvalue weighted by atomic mass is 10.2.